The first-order chi connectivity index (χ1) is 12.1. The molecule has 1 aromatic heterocycles. The molecule has 0 aliphatic rings. The summed E-state index contributed by atoms with van der Waals surface area (Å²) in [5, 5.41) is 18.1. The third-order valence-corrected chi connectivity index (χ3v) is 4.22. The molecule has 0 radical (unpaired) electrons. The topological polar surface area (TPSA) is 62.5 Å². The number of carboxylic acids is 1. The molecule has 4 nitrogen and oxygen atoms in total. The zero-order chi connectivity index (χ0) is 19.2. The van der Waals surface area contributed by atoms with Crippen molar-refractivity contribution in [3.8, 4) is 5.75 Å². The number of phenolic OH excluding ortho intramolecular Hbond substituents is 1. The molecule has 0 aliphatic heterocycles. The van der Waals surface area contributed by atoms with E-state index in [9.17, 15) is 32.6 Å². The Kier molecular flexibility index (Phi) is 4.31. The molecule has 9 heteroatoms. The number of halogens is 5. The van der Waals surface area contributed by atoms with Crippen LogP contribution in [-0.2, 0) is 12.7 Å². The lowest BCUT2D eigenvalue weighted by Gasteiger charge is -2.13. The molecule has 3 rings (SSSR count). The van der Waals surface area contributed by atoms with Crippen LogP contribution in [0, 0.1) is 5.82 Å². The number of carbonyl (C=O) groups is 1. The smallest absolute Gasteiger partial charge is 0.417 e. The van der Waals surface area contributed by atoms with E-state index in [1.54, 1.807) is 0 Å². The van der Waals surface area contributed by atoms with Crippen LogP contribution in [0.5, 0.6) is 5.75 Å². The van der Waals surface area contributed by atoms with Crippen LogP contribution < -0.4 is 0 Å². The molecular weight excluding hydrogens is 378 g/mol. The van der Waals surface area contributed by atoms with Gasteiger partial charge in [-0.2, -0.15) is 13.2 Å². The van der Waals surface area contributed by atoms with Gasteiger partial charge in [-0.25, -0.2) is 9.18 Å². The molecule has 2 N–H and O–H groups in total. The fourth-order valence-electron chi connectivity index (χ4n) is 2.71. The third-order valence-electron chi connectivity index (χ3n) is 3.90. The van der Waals surface area contributed by atoms with Crippen LogP contribution in [0.1, 0.15) is 21.6 Å². The normalized spacial score (nSPS) is 11.9. The minimum absolute atomic E-state index is 0.126. The van der Waals surface area contributed by atoms with Crippen LogP contribution in [0.25, 0.3) is 10.9 Å². The Morgan fingerprint density at radius 2 is 1.85 bits per heavy atom. The number of aromatic carboxylic acids is 1. The van der Waals surface area contributed by atoms with Gasteiger partial charge in [0.05, 0.1) is 16.1 Å². The molecule has 3 aromatic rings. The second kappa shape index (κ2) is 6.21. The van der Waals surface area contributed by atoms with E-state index in [4.69, 9.17) is 11.6 Å². The number of benzene rings is 2. The van der Waals surface area contributed by atoms with Gasteiger partial charge >= 0.3 is 12.1 Å². The first-order valence-corrected chi connectivity index (χ1v) is 7.57. The summed E-state index contributed by atoms with van der Waals surface area (Å²) < 4.78 is 54.2. The van der Waals surface area contributed by atoms with Crippen molar-refractivity contribution in [2.24, 2.45) is 0 Å². The first kappa shape index (κ1) is 18.1. The highest BCUT2D eigenvalue weighted by molar-refractivity contribution is 6.31. The van der Waals surface area contributed by atoms with Crippen molar-refractivity contribution in [1.29, 1.82) is 0 Å². The van der Waals surface area contributed by atoms with Crippen LogP contribution in [0.4, 0.5) is 17.6 Å². The summed E-state index contributed by atoms with van der Waals surface area (Å²) in [6.45, 7) is -0.254. The lowest BCUT2D eigenvalue weighted by molar-refractivity contribution is -0.137. The SMILES string of the molecule is O=C(O)c1cc2c(F)c(O)ccc2n1Cc1ccc(Cl)c(C(F)(F)F)c1. The Bertz CT molecular complexity index is 1030. The highest BCUT2D eigenvalue weighted by Gasteiger charge is 2.33. The van der Waals surface area contributed by atoms with Gasteiger partial charge in [-0.15, -0.1) is 0 Å². The maximum absolute atomic E-state index is 14.0. The van der Waals surface area contributed by atoms with E-state index in [0.717, 1.165) is 28.8 Å². The monoisotopic (exact) mass is 387 g/mol. The number of fused-ring (bicyclic) bond motifs is 1. The quantitative estimate of drug-likeness (QED) is 0.628. The van der Waals surface area contributed by atoms with E-state index in [2.05, 4.69) is 0 Å². The minimum Gasteiger partial charge on any atom is -0.505 e. The average molecular weight is 388 g/mol. The number of alkyl halides is 3. The lowest BCUT2D eigenvalue weighted by Crippen LogP contribution is -2.11. The van der Waals surface area contributed by atoms with Crippen molar-refractivity contribution in [2.75, 3.05) is 0 Å². The van der Waals surface area contributed by atoms with E-state index >= 15 is 0 Å². The minimum atomic E-state index is -4.67. The van der Waals surface area contributed by atoms with Crippen LogP contribution in [0.2, 0.25) is 5.02 Å². The second-order valence-electron chi connectivity index (χ2n) is 5.56. The highest BCUT2D eigenvalue weighted by Crippen LogP contribution is 2.36. The third kappa shape index (κ3) is 3.08. The molecule has 0 aliphatic carbocycles. The van der Waals surface area contributed by atoms with Crippen LogP contribution in [0.15, 0.2) is 36.4 Å². The lowest BCUT2D eigenvalue weighted by atomic mass is 10.1. The molecule has 0 spiro atoms. The van der Waals surface area contributed by atoms with E-state index in [-0.39, 0.29) is 28.7 Å². The molecule has 0 saturated heterocycles. The summed E-state index contributed by atoms with van der Waals surface area (Å²) in [6.07, 6.45) is -4.67. The van der Waals surface area contributed by atoms with Crippen molar-refractivity contribution >= 4 is 28.5 Å². The van der Waals surface area contributed by atoms with Crippen molar-refractivity contribution in [3.63, 3.8) is 0 Å². The molecule has 0 bridgehead atoms. The van der Waals surface area contributed by atoms with Crippen LogP contribution >= 0.6 is 11.6 Å². The van der Waals surface area contributed by atoms with E-state index in [1.165, 1.54) is 12.1 Å². The fourth-order valence-corrected chi connectivity index (χ4v) is 2.93. The summed E-state index contributed by atoms with van der Waals surface area (Å²) in [4.78, 5) is 11.5. The van der Waals surface area contributed by atoms with Gasteiger partial charge in [0.1, 0.15) is 5.69 Å². The standard InChI is InChI=1S/C17H10ClF4NO3/c18-11-2-1-8(5-10(11)17(20,21)22)7-23-12-3-4-14(24)15(19)9(12)6-13(23)16(25)26/h1-6,24H,7H2,(H,25,26). The number of rotatable bonds is 3. The zero-order valence-electron chi connectivity index (χ0n) is 12.8. The van der Waals surface area contributed by atoms with Gasteiger partial charge in [-0.1, -0.05) is 17.7 Å². The second-order valence-corrected chi connectivity index (χ2v) is 5.97. The van der Waals surface area contributed by atoms with Gasteiger partial charge in [0, 0.05) is 11.9 Å². The summed E-state index contributed by atoms with van der Waals surface area (Å²) in [5.74, 6) is -3.04. The molecule has 2 aromatic carbocycles. The van der Waals surface area contributed by atoms with Crippen molar-refractivity contribution in [2.45, 2.75) is 12.7 Å². The number of carboxylic acid groups (broad SMARTS) is 1. The molecule has 136 valence electrons. The van der Waals surface area contributed by atoms with Crippen LogP contribution in [-0.4, -0.2) is 20.7 Å². The molecule has 0 saturated carbocycles. The van der Waals surface area contributed by atoms with E-state index in [0.29, 0.717) is 0 Å². The number of nitrogens with zero attached hydrogens (tertiary/aromatic N) is 1. The summed E-state index contributed by atoms with van der Waals surface area (Å²) in [5.41, 5.74) is -1.11. The Labute approximate surface area is 148 Å². The Balaban J connectivity index is 2.16. The first-order valence-electron chi connectivity index (χ1n) is 7.19. The van der Waals surface area contributed by atoms with Gasteiger partial charge in [0.25, 0.3) is 0 Å². The maximum Gasteiger partial charge on any atom is 0.417 e. The Morgan fingerprint density at radius 3 is 2.46 bits per heavy atom. The van der Waals surface area contributed by atoms with Gasteiger partial charge in [0.2, 0.25) is 0 Å². The van der Waals surface area contributed by atoms with Crippen molar-refractivity contribution in [3.05, 3.63) is 64.1 Å². The average Bonchev–Trinajstić information content (AvgIpc) is 2.91. The summed E-state index contributed by atoms with van der Waals surface area (Å²) in [7, 11) is 0. The van der Waals surface area contributed by atoms with Gasteiger partial charge in [-0.3, -0.25) is 0 Å². The number of aromatic hydroxyl groups is 1. The predicted molar refractivity (Wildman–Crippen MR) is 86.1 cm³/mol. The van der Waals surface area contributed by atoms with Gasteiger partial charge in [0.15, 0.2) is 11.6 Å². The summed E-state index contributed by atoms with van der Waals surface area (Å²) >= 11 is 5.58. The van der Waals surface area contributed by atoms with Crippen LogP contribution in [0.3, 0.4) is 0 Å². The Morgan fingerprint density at radius 1 is 1.15 bits per heavy atom. The zero-order valence-corrected chi connectivity index (χ0v) is 13.6. The van der Waals surface area contributed by atoms with E-state index in [1.807, 2.05) is 0 Å². The van der Waals surface area contributed by atoms with Crippen molar-refractivity contribution in [1.82, 2.24) is 4.57 Å². The van der Waals surface area contributed by atoms with Gasteiger partial charge < -0.3 is 14.8 Å². The maximum atomic E-state index is 14.0. The molecular formula is C17H10ClF4NO3. The number of aromatic nitrogens is 1. The molecule has 0 unspecified atom stereocenters. The van der Waals surface area contributed by atoms with Gasteiger partial charge in [-0.05, 0) is 35.9 Å². The molecule has 0 atom stereocenters. The van der Waals surface area contributed by atoms with E-state index < -0.39 is 34.3 Å². The fraction of sp³-hybridized carbons (Fsp3) is 0.118. The molecule has 0 fully saturated rings. The molecule has 26 heavy (non-hydrogen) atoms. The van der Waals surface area contributed by atoms with Crippen molar-refractivity contribution < 1.29 is 32.6 Å². The number of hydrogen-bond donors (Lipinski definition) is 2. The largest absolute Gasteiger partial charge is 0.505 e. The summed E-state index contributed by atoms with van der Waals surface area (Å²) in [6, 6.07) is 6.57. The number of hydrogen-bond acceptors (Lipinski definition) is 2. The Hall–Kier alpha value is -2.74. The number of phenols is 1. The predicted octanol–water partition coefficient (Wildman–Crippen LogP) is 4.90. The highest BCUT2D eigenvalue weighted by atomic mass is 35.5. The molecule has 0 amide bonds. The molecule has 1 heterocycles.